The highest BCUT2D eigenvalue weighted by atomic mass is 19.3. The lowest BCUT2D eigenvalue weighted by molar-refractivity contribution is -0.0505. The molecule has 0 aliphatic carbocycles. The molecule has 2 aromatic carbocycles. The van der Waals surface area contributed by atoms with Crippen LogP contribution in [0, 0.1) is 6.92 Å². The molecule has 0 bridgehead atoms. The van der Waals surface area contributed by atoms with Gasteiger partial charge in [0.05, 0.1) is 0 Å². The predicted octanol–water partition coefficient (Wildman–Crippen LogP) is 4.45. The first kappa shape index (κ1) is 15.4. The van der Waals surface area contributed by atoms with Crippen LogP contribution in [0.1, 0.15) is 29.7 Å². The number of aryl methyl sites for hydroxylation is 1. The SMILES string of the molecule is Cc1ccc([C@@H](C)NCc2ccccc2OC(F)F)cc1. The third kappa shape index (κ3) is 4.53. The molecule has 112 valence electrons. The Morgan fingerprint density at radius 2 is 1.71 bits per heavy atom. The Morgan fingerprint density at radius 1 is 1.05 bits per heavy atom. The lowest BCUT2D eigenvalue weighted by atomic mass is 10.1. The Labute approximate surface area is 123 Å². The number of rotatable bonds is 6. The Morgan fingerprint density at radius 3 is 2.38 bits per heavy atom. The van der Waals surface area contributed by atoms with Crippen molar-refractivity contribution in [3.63, 3.8) is 0 Å². The van der Waals surface area contributed by atoms with Crippen LogP contribution >= 0.6 is 0 Å². The van der Waals surface area contributed by atoms with Gasteiger partial charge < -0.3 is 10.1 Å². The summed E-state index contributed by atoms with van der Waals surface area (Å²) in [6, 6.07) is 15.2. The summed E-state index contributed by atoms with van der Waals surface area (Å²) in [5.74, 6) is 0.219. The zero-order valence-corrected chi connectivity index (χ0v) is 12.1. The van der Waals surface area contributed by atoms with Crippen molar-refractivity contribution in [2.75, 3.05) is 0 Å². The molecule has 0 heterocycles. The molecule has 1 N–H and O–H groups in total. The van der Waals surface area contributed by atoms with Crippen molar-refractivity contribution in [1.82, 2.24) is 5.32 Å². The summed E-state index contributed by atoms with van der Waals surface area (Å²) in [4.78, 5) is 0. The van der Waals surface area contributed by atoms with E-state index >= 15 is 0 Å². The Balaban J connectivity index is 2.01. The lowest BCUT2D eigenvalue weighted by Gasteiger charge is -2.16. The molecule has 0 amide bonds. The number of alkyl halides is 2. The van der Waals surface area contributed by atoms with Gasteiger partial charge in [-0.05, 0) is 25.5 Å². The molecule has 0 saturated carbocycles. The molecule has 2 nitrogen and oxygen atoms in total. The second kappa shape index (κ2) is 7.18. The quantitative estimate of drug-likeness (QED) is 0.849. The second-order valence-corrected chi connectivity index (χ2v) is 5.00. The number of para-hydroxylation sites is 1. The van der Waals surface area contributed by atoms with E-state index in [2.05, 4.69) is 34.3 Å². The summed E-state index contributed by atoms with van der Waals surface area (Å²) in [6.45, 7) is 1.75. The van der Waals surface area contributed by atoms with E-state index in [1.54, 1.807) is 18.2 Å². The van der Waals surface area contributed by atoms with Crippen LogP contribution in [0.25, 0.3) is 0 Å². The molecule has 0 saturated heterocycles. The fourth-order valence-electron chi connectivity index (χ4n) is 2.10. The molecule has 4 heteroatoms. The summed E-state index contributed by atoms with van der Waals surface area (Å²) >= 11 is 0. The topological polar surface area (TPSA) is 21.3 Å². The van der Waals surface area contributed by atoms with Gasteiger partial charge in [-0.15, -0.1) is 0 Å². The minimum atomic E-state index is -2.80. The van der Waals surface area contributed by atoms with E-state index < -0.39 is 6.61 Å². The van der Waals surface area contributed by atoms with E-state index in [0.717, 1.165) is 11.1 Å². The minimum Gasteiger partial charge on any atom is -0.434 e. The lowest BCUT2D eigenvalue weighted by Crippen LogP contribution is -2.19. The first-order valence-electron chi connectivity index (χ1n) is 6.89. The van der Waals surface area contributed by atoms with Gasteiger partial charge >= 0.3 is 6.61 Å². The summed E-state index contributed by atoms with van der Waals surface area (Å²) in [7, 11) is 0. The van der Waals surface area contributed by atoms with Gasteiger partial charge in [-0.1, -0.05) is 48.0 Å². The van der Waals surface area contributed by atoms with E-state index in [0.29, 0.717) is 6.54 Å². The van der Waals surface area contributed by atoms with Gasteiger partial charge in [0.1, 0.15) is 5.75 Å². The van der Waals surface area contributed by atoms with Gasteiger partial charge in [-0.2, -0.15) is 8.78 Å². The molecule has 1 atom stereocenters. The van der Waals surface area contributed by atoms with Crippen molar-refractivity contribution in [1.29, 1.82) is 0 Å². The number of benzene rings is 2. The fraction of sp³-hybridized carbons (Fsp3) is 0.294. The van der Waals surface area contributed by atoms with Crippen LogP contribution in [-0.4, -0.2) is 6.61 Å². The average Bonchev–Trinajstić information content (AvgIpc) is 2.46. The number of hydrogen-bond donors (Lipinski definition) is 1. The normalized spacial score (nSPS) is 12.4. The maximum atomic E-state index is 12.4. The molecule has 0 radical (unpaired) electrons. The van der Waals surface area contributed by atoms with Gasteiger partial charge in [-0.3, -0.25) is 0 Å². The molecular weight excluding hydrogens is 272 g/mol. The van der Waals surface area contributed by atoms with E-state index in [-0.39, 0.29) is 11.8 Å². The molecule has 2 rings (SSSR count). The van der Waals surface area contributed by atoms with Crippen LogP contribution in [0.3, 0.4) is 0 Å². The third-order valence-corrected chi connectivity index (χ3v) is 3.36. The number of halogens is 2. The zero-order chi connectivity index (χ0) is 15.2. The minimum absolute atomic E-state index is 0.130. The maximum Gasteiger partial charge on any atom is 0.387 e. The third-order valence-electron chi connectivity index (χ3n) is 3.36. The van der Waals surface area contributed by atoms with Crippen molar-refractivity contribution in [2.24, 2.45) is 0 Å². The highest BCUT2D eigenvalue weighted by molar-refractivity contribution is 5.33. The zero-order valence-electron chi connectivity index (χ0n) is 12.1. The van der Waals surface area contributed by atoms with Crippen molar-refractivity contribution < 1.29 is 13.5 Å². The highest BCUT2D eigenvalue weighted by Gasteiger charge is 2.10. The molecule has 0 fully saturated rings. The average molecular weight is 291 g/mol. The summed E-state index contributed by atoms with van der Waals surface area (Å²) < 4.78 is 29.2. The number of hydrogen-bond acceptors (Lipinski definition) is 2. The van der Waals surface area contributed by atoms with E-state index in [4.69, 9.17) is 0 Å². The van der Waals surface area contributed by atoms with Gasteiger partial charge in [0.25, 0.3) is 0 Å². The standard InChI is InChI=1S/C17H19F2NO/c1-12-7-9-14(10-8-12)13(2)20-11-15-5-3-4-6-16(15)21-17(18)19/h3-10,13,17,20H,11H2,1-2H3/t13-/m1/s1. The Bertz CT molecular complexity index is 569. The predicted molar refractivity (Wildman–Crippen MR) is 79.5 cm³/mol. The van der Waals surface area contributed by atoms with E-state index in [9.17, 15) is 8.78 Å². The molecular formula is C17H19F2NO. The molecule has 0 aromatic heterocycles. The number of ether oxygens (including phenoxy) is 1. The maximum absolute atomic E-state index is 12.4. The summed E-state index contributed by atoms with van der Waals surface area (Å²) in [5, 5.41) is 3.32. The molecule has 2 aromatic rings. The Hall–Kier alpha value is -1.94. The van der Waals surface area contributed by atoms with Gasteiger partial charge in [0.15, 0.2) is 0 Å². The number of nitrogens with one attached hydrogen (secondary N) is 1. The van der Waals surface area contributed by atoms with Crippen molar-refractivity contribution in [3.8, 4) is 5.75 Å². The van der Waals surface area contributed by atoms with Crippen molar-refractivity contribution in [2.45, 2.75) is 33.0 Å². The summed E-state index contributed by atoms with van der Waals surface area (Å²) in [5.41, 5.74) is 3.09. The molecule has 0 aliphatic heterocycles. The van der Waals surface area contributed by atoms with Gasteiger partial charge in [0.2, 0.25) is 0 Å². The van der Waals surface area contributed by atoms with Gasteiger partial charge in [0, 0.05) is 18.2 Å². The summed E-state index contributed by atoms with van der Waals surface area (Å²) in [6.07, 6.45) is 0. The fourth-order valence-corrected chi connectivity index (χ4v) is 2.10. The van der Waals surface area contributed by atoms with E-state index in [1.807, 2.05) is 19.9 Å². The first-order valence-corrected chi connectivity index (χ1v) is 6.89. The monoisotopic (exact) mass is 291 g/mol. The second-order valence-electron chi connectivity index (χ2n) is 5.00. The molecule has 0 spiro atoms. The van der Waals surface area contributed by atoms with Crippen LogP contribution in [0.15, 0.2) is 48.5 Å². The van der Waals surface area contributed by atoms with Crippen LogP contribution in [0.4, 0.5) is 8.78 Å². The molecule has 21 heavy (non-hydrogen) atoms. The highest BCUT2D eigenvalue weighted by Crippen LogP contribution is 2.21. The molecule has 0 aliphatic rings. The van der Waals surface area contributed by atoms with Crippen molar-refractivity contribution in [3.05, 3.63) is 65.2 Å². The van der Waals surface area contributed by atoms with Crippen LogP contribution in [0.5, 0.6) is 5.75 Å². The van der Waals surface area contributed by atoms with Crippen LogP contribution < -0.4 is 10.1 Å². The van der Waals surface area contributed by atoms with Gasteiger partial charge in [-0.25, -0.2) is 0 Å². The van der Waals surface area contributed by atoms with E-state index in [1.165, 1.54) is 5.56 Å². The van der Waals surface area contributed by atoms with Crippen molar-refractivity contribution >= 4 is 0 Å². The first-order chi connectivity index (χ1) is 10.1. The Kier molecular flexibility index (Phi) is 5.28. The largest absolute Gasteiger partial charge is 0.434 e. The molecule has 0 unspecified atom stereocenters. The van der Waals surface area contributed by atoms with Crippen LogP contribution in [0.2, 0.25) is 0 Å². The smallest absolute Gasteiger partial charge is 0.387 e. The van der Waals surface area contributed by atoms with Crippen LogP contribution in [-0.2, 0) is 6.54 Å².